The third-order valence-corrected chi connectivity index (χ3v) is 4.27. The molecule has 0 spiro atoms. The van der Waals surface area contributed by atoms with Crippen LogP contribution in [0.15, 0.2) is 30.3 Å². The summed E-state index contributed by atoms with van der Waals surface area (Å²) in [5.41, 5.74) is 0.936. The molecule has 0 saturated heterocycles. The number of rotatable bonds is 4. The molecule has 2 saturated carbocycles. The largest absolute Gasteiger partial charge is 0.389 e. The Morgan fingerprint density at radius 2 is 2.00 bits per heavy atom. The zero-order chi connectivity index (χ0) is 11.9. The van der Waals surface area contributed by atoms with Gasteiger partial charge in [0.25, 0.3) is 0 Å². The third kappa shape index (κ3) is 2.00. The van der Waals surface area contributed by atoms with E-state index in [4.69, 9.17) is 4.74 Å². The van der Waals surface area contributed by atoms with Crippen LogP contribution < -0.4 is 0 Å². The predicted molar refractivity (Wildman–Crippen MR) is 66.9 cm³/mol. The van der Waals surface area contributed by atoms with E-state index in [2.05, 4.69) is 24.3 Å². The highest BCUT2D eigenvalue weighted by Crippen LogP contribution is 2.59. The minimum absolute atomic E-state index is 0.294. The van der Waals surface area contributed by atoms with Crippen molar-refractivity contribution >= 4 is 0 Å². The number of hydrogen-bond acceptors (Lipinski definition) is 2. The maximum atomic E-state index is 10.5. The molecule has 2 fully saturated rings. The fraction of sp³-hybridized carbons (Fsp3) is 0.600. The van der Waals surface area contributed by atoms with Gasteiger partial charge in [-0.3, -0.25) is 0 Å². The Bertz CT molecular complexity index is 381. The molecule has 0 amide bonds. The molecule has 0 aliphatic heterocycles. The lowest BCUT2D eigenvalue weighted by atomic mass is 9.73. The maximum absolute atomic E-state index is 10.5. The lowest BCUT2D eigenvalue weighted by Crippen LogP contribution is -2.50. The normalized spacial score (nSPS) is 39.8. The molecule has 1 aromatic carbocycles. The van der Waals surface area contributed by atoms with Crippen LogP contribution in [-0.2, 0) is 4.74 Å². The van der Waals surface area contributed by atoms with Crippen molar-refractivity contribution in [3.8, 4) is 0 Å². The van der Waals surface area contributed by atoms with E-state index in [1.807, 2.05) is 13.0 Å². The lowest BCUT2D eigenvalue weighted by Gasteiger charge is -2.44. The molecule has 2 atom stereocenters. The van der Waals surface area contributed by atoms with Gasteiger partial charge in [0.05, 0.1) is 11.7 Å². The summed E-state index contributed by atoms with van der Waals surface area (Å²) in [6.07, 6.45) is 3.09. The molecule has 0 radical (unpaired) electrons. The Kier molecular flexibility index (Phi) is 2.72. The first-order chi connectivity index (χ1) is 8.23. The quantitative estimate of drug-likeness (QED) is 0.865. The highest BCUT2D eigenvalue weighted by molar-refractivity contribution is 5.28. The van der Waals surface area contributed by atoms with E-state index in [0.29, 0.717) is 17.9 Å². The van der Waals surface area contributed by atoms with Crippen LogP contribution in [0.1, 0.15) is 37.7 Å². The molecule has 2 heteroatoms. The van der Waals surface area contributed by atoms with E-state index >= 15 is 0 Å². The van der Waals surface area contributed by atoms with E-state index in [1.54, 1.807) is 0 Å². The Morgan fingerprint density at radius 3 is 2.65 bits per heavy atom. The molecular formula is C15H20O2. The van der Waals surface area contributed by atoms with E-state index in [1.165, 1.54) is 5.56 Å². The van der Waals surface area contributed by atoms with Crippen LogP contribution in [0.4, 0.5) is 0 Å². The van der Waals surface area contributed by atoms with Crippen molar-refractivity contribution in [2.45, 2.75) is 43.8 Å². The topological polar surface area (TPSA) is 29.5 Å². The minimum Gasteiger partial charge on any atom is -0.389 e. The third-order valence-electron chi connectivity index (χ3n) is 4.27. The molecule has 2 aliphatic carbocycles. The molecule has 92 valence electrons. The van der Waals surface area contributed by atoms with E-state index in [9.17, 15) is 5.11 Å². The van der Waals surface area contributed by atoms with Gasteiger partial charge < -0.3 is 9.84 Å². The predicted octanol–water partition coefficient (Wildman–Crippen LogP) is 2.72. The smallest absolute Gasteiger partial charge is 0.0731 e. The number of hydrogen-bond donors (Lipinski definition) is 1. The Hall–Kier alpha value is -0.860. The number of ether oxygens (including phenoxy) is 1. The lowest BCUT2D eigenvalue weighted by molar-refractivity contribution is -0.149. The van der Waals surface area contributed by atoms with Crippen molar-refractivity contribution in [1.82, 2.24) is 0 Å². The molecule has 2 unspecified atom stereocenters. The standard InChI is InChI=1S/C15H20O2/c1-2-17-12-9-15(16,10-12)14-8-13(14)11-6-4-3-5-7-11/h3-7,12-14,16H,2,8-10H2,1H3. The van der Waals surface area contributed by atoms with Crippen LogP contribution in [0.25, 0.3) is 0 Å². The highest BCUT2D eigenvalue weighted by atomic mass is 16.5. The summed E-state index contributed by atoms with van der Waals surface area (Å²) in [5.74, 6) is 1.03. The fourth-order valence-corrected chi connectivity index (χ4v) is 3.24. The van der Waals surface area contributed by atoms with Crippen LogP contribution in [0.2, 0.25) is 0 Å². The van der Waals surface area contributed by atoms with Crippen LogP contribution >= 0.6 is 0 Å². The SMILES string of the molecule is CCOC1CC(O)(C2CC2c2ccccc2)C1. The van der Waals surface area contributed by atoms with Crippen molar-refractivity contribution in [1.29, 1.82) is 0 Å². The molecule has 17 heavy (non-hydrogen) atoms. The van der Waals surface area contributed by atoms with Gasteiger partial charge in [0.15, 0.2) is 0 Å². The molecule has 3 rings (SSSR count). The summed E-state index contributed by atoms with van der Waals surface area (Å²) in [5, 5.41) is 10.5. The molecule has 1 N–H and O–H groups in total. The van der Waals surface area contributed by atoms with Crippen LogP contribution in [0.3, 0.4) is 0 Å². The summed E-state index contributed by atoms with van der Waals surface area (Å²) in [4.78, 5) is 0. The molecule has 2 nitrogen and oxygen atoms in total. The van der Waals surface area contributed by atoms with Gasteiger partial charge in [-0.2, -0.15) is 0 Å². The van der Waals surface area contributed by atoms with Crippen molar-refractivity contribution in [3.05, 3.63) is 35.9 Å². The summed E-state index contributed by atoms with van der Waals surface area (Å²) < 4.78 is 5.53. The summed E-state index contributed by atoms with van der Waals surface area (Å²) >= 11 is 0. The van der Waals surface area contributed by atoms with Crippen LogP contribution in [0, 0.1) is 5.92 Å². The number of aliphatic hydroxyl groups is 1. The average molecular weight is 232 g/mol. The Morgan fingerprint density at radius 1 is 1.29 bits per heavy atom. The molecule has 1 aromatic rings. The van der Waals surface area contributed by atoms with Gasteiger partial charge >= 0.3 is 0 Å². The first kappa shape index (κ1) is 11.2. The first-order valence-corrected chi connectivity index (χ1v) is 6.62. The van der Waals surface area contributed by atoms with Crippen molar-refractivity contribution in [2.75, 3.05) is 6.61 Å². The van der Waals surface area contributed by atoms with Crippen molar-refractivity contribution < 1.29 is 9.84 Å². The van der Waals surface area contributed by atoms with Gasteiger partial charge in [0.2, 0.25) is 0 Å². The number of benzene rings is 1. The second-order valence-corrected chi connectivity index (χ2v) is 5.45. The molecule has 0 heterocycles. The second-order valence-electron chi connectivity index (χ2n) is 5.45. The fourth-order valence-electron chi connectivity index (χ4n) is 3.24. The van der Waals surface area contributed by atoms with Gasteiger partial charge in [0.1, 0.15) is 0 Å². The summed E-state index contributed by atoms with van der Waals surface area (Å²) in [6.45, 7) is 2.77. The first-order valence-electron chi connectivity index (χ1n) is 6.62. The van der Waals surface area contributed by atoms with Crippen LogP contribution in [0.5, 0.6) is 0 Å². The van der Waals surface area contributed by atoms with E-state index < -0.39 is 5.60 Å². The monoisotopic (exact) mass is 232 g/mol. The zero-order valence-electron chi connectivity index (χ0n) is 10.3. The summed E-state index contributed by atoms with van der Waals surface area (Å²) in [7, 11) is 0. The zero-order valence-corrected chi connectivity index (χ0v) is 10.3. The van der Waals surface area contributed by atoms with Gasteiger partial charge in [-0.25, -0.2) is 0 Å². The van der Waals surface area contributed by atoms with Gasteiger partial charge in [0, 0.05) is 19.4 Å². The Labute approximate surface area is 103 Å². The van der Waals surface area contributed by atoms with Gasteiger partial charge in [-0.1, -0.05) is 30.3 Å². The van der Waals surface area contributed by atoms with Crippen molar-refractivity contribution in [2.24, 2.45) is 5.92 Å². The highest BCUT2D eigenvalue weighted by Gasteiger charge is 2.58. The molecular weight excluding hydrogens is 212 g/mol. The average Bonchev–Trinajstić information content (AvgIpc) is 3.09. The maximum Gasteiger partial charge on any atom is 0.0731 e. The minimum atomic E-state index is -0.444. The van der Waals surface area contributed by atoms with E-state index in [0.717, 1.165) is 25.9 Å². The summed E-state index contributed by atoms with van der Waals surface area (Å²) in [6, 6.07) is 10.6. The van der Waals surface area contributed by atoms with Gasteiger partial charge in [-0.05, 0) is 30.7 Å². The second kappa shape index (κ2) is 4.11. The van der Waals surface area contributed by atoms with Gasteiger partial charge in [-0.15, -0.1) is 0 Å². The van der Waals surface area contributed by atoms with Crippen molar-refractivity contribution in [3.63, 3.8) is 0 Å². The molecule has 2 aliphatic rings. The molecule has 0 bridgehead atoms. The molecule has 0 aromatic heterocycles. The van der Waals surface area contributed by atoms with E-state index in [-0.39, 0.29) is 0 Å². The van der Waals surface area contributed by atoms with Crippen LogP contribution in [-0.4, -0.2) is 23.4 Å². The Balaban J connectivity index is 1.59.